The van der Waals surface area contributed by atoms with Crippen LogP contribution in [-0.4, -0.2) is 15.9 Å². The number of primary amides is 1. The first-order chi connectivity index (χ1) is 12.6. The Morgan fingerprint density at radius 1 is 1.04 bits per heavy atom. The lowest BCUT2D eigenvalue weighted by Gasteiger charge is -2.09. The summed E-state index contributed by atoms with van der Waals surface area (Å²) >= 11 is 1.50. The number of benzene rings is 2. The first kappa shape index (κ1) is 16.2. The van der Waals surface area contributed by atoms with Gasteiger partial charge in [0.2, 0.25) is 5.91 Å². The van der Waals surface area contributed by atoms with E-state index in [0.717, 1.165) is 27.0 Å². The standard InChI is InChI=1S/C19H13FN4OS/c20-13-5-1-11(2-6-13)15-9-26-19-16(15)18(22-10-23-19)24-14-7-3-12(4-8-14)17(21)25/h1-10H,(H2,21,25)(H,22,23,24). The van der Waals surface area contributed by atoms with Gasteiger partial charge in [-0.1, -0.05) is 12.1 Å². The normalized spacial score (nSPS) is 10.8. The molecule has 2 aromatic carbocycles. The number of carbonyl (C=O) groups excluding carboxylic acids is 1. The van der Waals surface area contributed by atoms with Crippen LogP contribution < -0.4 is 11.1 Å². The highest BCUT2D eigenvalue weighted by molar-refractivity contribution is 7.17. The van der Waals surface area contributed by atoms with Gasteiger partial charge in [0.15, 0.2) is 0 Å². The Bertz CT molecular complexity index is 1090. The van der Waals surface area contributed by atoms with E-state index in [-0.39, 0.29) is 5.82 Å². The summed E-state index contributed by atoms with van der Waals surface area (Å²) in [7, 11) is 0. The molecular formula is C19H13FN4OS. The summed E-state index contributed by atoms with van der Waals surface area (Å²) in [4.78, 5) is 20.7. The predicted molar refractivity (Wildman–Crippen MR) is 101 cm³/mol. The van der Waals surface area contributed by atoms with Gasteiger partial charge in [-0.2, -0.15) is 0 Å². The fraction of sp³-hybridized carbons (Fsp3) is 0. The number of nitrogens with one attached hydrogen (secondary N) is 1. The summed E-state index contributed by atoms with van der Waals surface area (Å²) in [6.45, 7) is 0. The molecule has 0 aliphatic rings. The third-order valence-corrected chi connectivity index (χ3v) is 4.84. The van der Waals surface area contributed by atoms with E-state index in [9.17, 15) is 9.18 Å². The molecule has 0 aliphatic heterocycles. The van der Waals surface area contributed by atoms with Gasteiger partial charge >= 0.3 is 0 Å². The predicted octanol–water partition coefficient (Wildman–Crippen LogP) is 4.34. The first-order valence-corrected chi connectivity index (χ1v) is 8.65. The van der Waals surface area contributed by atoms with E-state index in [1.54, 1.807) is 36.4 Å². The summed E-state index contributed by atoms with van der Waals surface area (Å²) in [5.74, 6) is -0.114. The molecule has 1 amide bonds. The Morgan fingerprint density at radius 3 is 2.46 bits per heavy atom. The number of halogens is 1. The quantitative estimate of drug-likeness (QED) is 0.564. The highest BCUT2D eigenvalue weighted by atomic mass is 32.1. The van der Waals surface area contributed by atoms with E-state index in [0.29, 0.717) is 11.4 Å². The Kier molecular flexibility index (Phi) is 4.06. The fourth-order valence-corrected chi connectivity index (χ4v) is 3.58. The van der Waals surface area contributed by atoms with E-state index in [1.165, 1.54) is 29.8 Å². The minimum Gasteiger partial charge on any atom is -0.366 e. The molecule has 4 rings (SSSR count). The van der Waals surface area contributed by atoms with Crippen LogP contribution >= 0.6 is 11.3 Å². The lowest BCUT2D eigenvalue weighted by atomic mass is 10.1. The molecule has 0 radical (unpaired) electrons. The molecule has 2 heterocycles. The number of aromatic nitrogens is 2. The van der Waals surface area contributed by atoms with Crippen LogP contribution in [0.5, 0.6) is 0 Å². The first-order valence-electron chi connectivity index (χ1n) is 7.77. The highest BCUT2D eigenvalue weighted by Gasteiger charge is 2.13. The van der Waals surface area contributed by atoms with Crippen molar-refractivity contribution < 1.29 is 9.18 Å². The maximum atomic E-state index is 13.2. The van der Waals surface area contributed by atoms with Crippen molar-refractivity contribution in [1.82, 2.24) is 9.97 Å². The smallest absolute Gasteiger partial charge is 0.248 e. The van der Waals surface area contributed by atoms with Crippen LogP contribution in [-0.2, 0) is 0 Å². The second-order valence-corrected chi connectivity index (χ2v) is 6.48. The number of hydrogen-bond acceptors (Lipinski definition) is 5. The van der Waals surface area contributed by atoms with Crippen molar-refractivity contribution in [2.75, 3.05) is 5.32 Å². The summed E-state index contributed by atoms with van der Waals surface area (Å²) in [5, 5.41) is 6.09. The Morgan fingerprint density at radius 2 is 1.77 bits per heavy atom. The van der Waals surface area contributed by atoms with Gasteiger partial charge in [-0.25, -0.2) is 14.4 Å². The molecular weight excluding hydrogens is 351 g/mol. The monoisotopic (exact) mass is 364 g/mol. The number of rotatable bonds is 4. The van der Waals surface area contributed by atoms with Crippen LogP contribution in [0.1, 0.15) is 10.4 Å². The number of nitrogens with two attached hydrogens (primary N) is 1. The molecule has 5 nitrogen and oxygen atoms in total. The van der Waals surface area contributed by atoms with Crippen molar-refractivity contribution >= 4 is 39.0 Å². The van der Waals surface area contributed by atoms with Crippen molar-refractivity contribution in [3.63, 3.8) is 0 Å². The zero-order valence-electron chi connectivity index (χ0n) is 13.4. The van der Waals surface area contributed by atoms with Crippen molar-refractivity contribution in [1.29, 1.82) is 0 Å². The number of anilines is 2. The Hall–Kier alpha value is -3.32. The molecule has 0 aliphatic carbocycles. The Labute approximate surface area is 152 Å². The molecule has 2 aromatic heterocycles. The zero-order chi connectivity index (χ0) is 18.1. The van der Waals surface area contributed by atoms with Gasteiger partial charge in [0.05, 0.1) is 5.39 Å². The van der Waals surface area contributed by atoms with Gasteiger partial charge in [-0.15, -0.1) is 11.3 Å². The molecule has 0 bridgehead atoms. The minimum absolute atomic E-state index is 0.280. The molecule has 0 fully saturated rings. The van der Waals surface area contributed by atoms with Crippen LogP contribution in [0, 0.1) is 5.82 Å². The number of amides is 1. The third-order valence-electron chi connectivity index (χ3n) is 3.96. The topological polar surface area (TPSA) is 80.9 Å². The molecule has 0 atom stereocenters. The van der Waals surface area contributed by atoms with Gasteiger partial charge in [-0.05, 0) is 42.0 Å². The SMILES string of the molecule is NC(=O)c1ccc(Nc2ncnc3scc(-c4ccc(F)cc4)c23)cc1. The van der Waals surface area contributed by atoms with Crippen LogP contribution in [0.2, 0.25) is 0 Å². The average molecular weight is 364 g/mol. The maximum Gasteiger partial charge on any atom is 0.248 e. The summed E-state index contributed by atoms with van der Waals surface area (Å²) in [6.07, 6.45) is 1.49. The summed E-state index contributed by atoms with van der Waals surface area (Å²) in [6, 6.07) is 13.1. The molecule has 0 spiro atoms. The van der Waals surface area contributed by atoms with Gasteiger partial charge in [0.1, 0.15) is 22.8 Å². The molecule has 0 saturated carbocycles. The van der Waals surface area contributed by atoms with Crippen molar-refractivity contribution in [2.45, 2.75) is 0 Å². The van der Waals surface area contributed by atoms with E-state index in [1.807, 2.05) is 5.38 Å². The molecule has 3 N–H and O–H groups in total. The van der Waals surface area contributed by atoms with Gasteiger partial charge in [0, 0.05) is 22.2 Å². The maximum absolute atomic E-state index is 13.2. The summed E-state index contributed by atoms with van der Waals surface area (Å²) < 4.78 is 13.2. The number of thiophene rings is 1. The van der Waals surface area contributed by atoms with Crippen molar-refractivity contribution in [3.8, 4) is 11.1 Å². The third kappa shape index (κ3) is 3.00. The van der Waals surface area contributed by atoms with Gasteiger partial charge in [-0.3, -0.25) is 4.79 Å². The van der Waals surface area contributed by atoms with Gasteiger partial charge in [0.25, 0.3) is 0 Å². The highest BCUT2D eigenvalue weighted by Crippen LogP contribution is 2.37. The lowest BCUT2D eigenvalue weighted by molar-refractivity contribution is 0.100. The number of fused-ring (bicyclic) bond motifs is 1. The average Bonchev–Trinajstić information content (AvgIpc) is 3.08. The largest absolute Gasteiger partial charge is 0.366 e. The Balaban J connectivity index is 1.76. The minimum atomic E-state index is -0.475. The zero-order valence-corrected chi connectivity index (χ0v) is 14.3. The molecule has 7 heteroatoms. The second kappa shape index (κ2) is 6.53. The van der Waals surface area contributed by atoms with E-state index in [4.69, 9.17) is 5.73 Å². The molecule has 26 heavy (non-hydrogen) atoms. The molecule has 4 aromatic rings. The van der Waals surface area contributed by atoms with Gasteiger partial charge < -0.3 is 11.1 Å². The second-order valence-electron chi connectivity index (χ2n) is 5.63. The van der Waals surface area contributed by atoms with Crippen molar-refractivity contribution in [3.05, 3.63) is 71.6 Å². The fourth-order valence-electron chi connectivity index (χ4n) is 2.67. The van der Waals surface area contributed by atoms with Crippen LogP contribution in [0.25, 0.3) is 21.3 Å². The number of carbonyl (C=O) groups is 1. The lowest BCUT2D eigenvalue weighted by Crippen LogP contribution is -2.10. The van der Waals surface area contributed by atoms with E-state index < -0.39 is 5.91 Å². The van der Waals surface area contributed by atoms with E-state index in [2.05, 4.69) is 15.3 Å². The van der Waals surface area contributed by atoms with Crippen molar-refractivity contribution in [2.24, 2.45) is 5.73 Å². The van der Waals surface area contributed by atoms with Crippen LogP contribution in [0.4, 0.5) is 15.9 Å². The molecule has 0 saturated heterocycles. The molecule has 128 valence electrons. The number of hydrogen-bond donors (Lipinski definition) is 2. The molecule has 0 unspecified atom stereocenters. The van der Waals surface area contributed by atoms with Crippen LogP contribution in [0.3, 0.4) is 0 Å². The van der Waals surface area contributed by atoms with E-state index >= 15 is 0 Å². The van der Waals surface area contributed by atoms with Crippen LogP contribution in [0.15, 0.2) is 60.2 Å². The summed E-state index contributed by atoms with van der Waals surface area (Å²) in [5.41, 5.74) is 8.29. The number of nitrogens with zero attached hydrogens (tertiary/aromatic N) is 2.